The number of nitrogens with zero attached hydrogens (tertiary/aromatic N) is 2. The summed E-state index contributed by atoms with van der Waals surface area (Å²) in [7, 11) is -0.705. The van der Waals surface area contributed by atoms with Crippen LogP contribution >= 0.6 is 7.92 Å². The van der Waals surface area contributed by atoms with Crippen molar-refractivity contribution in [2.45, 2.75) is 78.2 Å². The van der Waals surface area contributed by atoms with Crippen molar-refractivity contribution in [3.05, 3.63) is 46.1 Å². The third-order valence-corrected chi connectivity index (χ3v) is 7.27. The topological polar surface area (TPSA) is 62.3 Å². The van der Waals surface area contributed by atoms with Gasteiger partial charge in [0.2, 0.25) is 0 Å². The first-order valence-corrected chi connectivity index (χ1v) is 10.2. The van der Waals surface area contributed by atoms with Gasteiger partial charge in [0.05, 0.1) is 10.3 Å². The fourth-order valence-electron chi connectivity index (χ4n) is 2.69. The van der Waals surface area contributed by atoms with Crippen molar-refractivity contribution < 1.29 is 78.0 Å². The van der Waals surface area contributed by atoms with Gasteiger partial charge in [0.25, 0.3) is 0 Å². The van der Waals surface area contributed by atoms with Crippen molar-refractivity contribution in [1.29, 1.82) is 0 Å². The minimum absolute atomic E-state index is 0. The molecule has 0 aromatic heterocycles. The first-order valence-electron chi connectivity index (χ1n) is 8.63. The van der Waals surface area contributed by atoms with Gasteiger partial charge >= 0.3 is 51.4 Å². The smallest absolute Gasteiger partial charge is 0.660 e. The van der Waals surface area contributed by atoms with Crippen LogP contribution in [-0.4, -0.2) is 36.0 Å². The zero-order valence-corrected chi connectivity index (χ0v) is 24.6. The maximum absolute atomic E-state index is 7.75. The molecule has 0 aromatic carbocycles. The molecule has 0 spiro atoms. The van der Waals surface area contributed by atoms with Gasteiger partial charge in [-0.25, -0.2) is 0 Å². The Kier molecular flexibility index (Phi) is 21.5. The first-order chi connectivity index (χ1) is 11.8. The molecule has 0 bridgehead atoms. The normalized spacial score (nSPS) is 14.9. The van der Waals surface area contributed by atoms with E-state index in [1.54, 1.807) is 0 Å². The second kappa shape index (κ2) is 16.6. The summed E-state index contributed by atoms with van der Waals surface area (Å²) in [4.78, 5) is 15.5. The van der Waals surface area contributed by atoms with E-state index < -0.39 is 7.92 Å². The van der Waals surface area contributed by atoms with Crippen LogP contribution in [0.15, 0.2) is 35.4 Å². The monoisotopic (exact) mass is 473 g/mol. The predicted molar refractivity (Wildman–Crippen MR) is 118 cm³/mol. The Morgan fingerprint density at radius 3 is 1.75 bits per heavy atom. The van der Waals surface area contributed by atoms with Gasteiger partial charge in [-0.15, -0.1) is 17.8 Å². The van der Waals surface area contributed by atoms with Gasteiger partial charge in [-0.3, -0.25) is 13.6 Å². The molecule has 0 fully saturated rings. The van der Waals surface area contributed by atoms with Gasteiger partial charge in [-0.05, 0) is 41.5 Å². The third kappa shape index (κ3) is 16.7. The van der Waals surface area contributed by atoms with E-state index in [2.05, 4.69) is 105 Å². The van der Waals surface area contributed by atoms with E-state index in [1.165, 1.54) is 0 Å². The summed E-state index contributed by atoms with van der Waals surface area (Å²) >= 11 is 0. The summed E-state index contributed by atoms with van der Waals surface area (Å²) in [5, 5.41) is 10.1. The fraction of sp³-hybridized carbons (Fsp3) is 0.619. The summed E-state index contributed by atoms with van der Waals surface area (Å²) < 4.78 is 0. The summed E-state index contributed by atoms with van der Waals surface area (Å²) in [6, 6.07) is 0. The minimum atomic E-state index is -0.705. The van der Waals surface area contributed by atoms with Crippen molar-refractivity contribution in [3.63, 3.8) is 0 Å². The molecule has 7 heteroatoms. The van der Waals surface area contributed by atoms with Crippen molar-refractivity contribution in [3.8, 4) is 0 Å². The Morgan fingerprint density at radius 1 is 0.964 bits per heavy atom. The molecule has 0 amide bonds. The zero-order valence-electron chi connectivity index (χ0n) is 19.3. The molecule has 1 radical (unpaired) electrons. The van der Waals surface area contributed by atoms with Crippen LogP contribution in [0, 0.1) is 0 Å². The van der Waals surface area contributed by atoms with Crippen LogP contribution in [0.5, 0.6) is 0 Å². The average Bonchev–Trinajstić information content (AvgIpc) is 2.52. The molecule has 0 N–H and O–H groups in total. The quantitative estimate of drug-likeness (QED) is 0.274. The molecule has 0 saturated carbocycles. The van der Waals surface area contributed by atoms with E-state index in [0.717, 1.165) is 11.4 Å². The largest absolute Gasteiger partial charge is 1.00 e. The molecule has 157 valence electrons. The van der Waals surface area contributed by atoms with Crippen LogP contribution in [-0.2, 0) is 26.7 Å². The van der Waals surface area contributed by atoms with Crippen molar-refractivity contribution >= 4 is 21.5 Å². The molecular formula is C21H36KMnN2O2P-2. The molecule has 1 heterocycles. The Labute approximate surface area is 227 Å². The van der Waals surface area contributed by atoms with Gasteiger partial charge in [0, 0.05) is 30.8 Å². The Morgan fingerprint density at radius 2 is 1.39 bits per heavy atom. The summed E-state index contributed by atoms with van der Waals surface area (Å²) in [5.41, 5.74) is 2.17. The van der Waals surface area contributed by atoms with E-state index in [4.69, 9.17) is 14.9 Å². The second-order valence-corrected chi connectivity index (χ2v) is 13.2. The molecule has 4 nitrogen and oxygen atoms in total. The van der Waals surface area contributed by atoms with E-state index in [1.807, 2.05) is 0 Å². The molecule has 28 heavy (non-hydrogen) atoms. The average molecular weight is 474 g/mol. The Bertz CT molecular complexity index is 500. The van der Waals surface area contributed by atoms with Crippen LogP contribution in [0.3, 0.4) is 0 Å². The minimum Gasteiger partial charge on any atom is -0.660 e. The van der Waals surface area contributed by atoms with E-state index in [0.29, 0.717) is 16.9 Å². The molecular weight excluding hydrogens is 437 g/mol. The van der Waals surface area contributed by atoms with Gasteiger partial charge < -0.3 is 20.2 Å². The third-order valence-electron chi connectivity index (χ3n) is 3.45. The van der Waals surface area contributed by atoms with E-state index >= 15 is 0 Å². The Balaban J connectivity index is -0.000000449. The van der Waals surface area contributed by atoms with E-state index in [-0.39, 0.29) is 74.0 Å². The maximum Gasteiger partial charge on any atom is 1.00 e. The van der Waals surface area contributed by atoms with Crippen LogP contribution in [0.1, 0.15) is 62.3 Å². The summed E-state index contributed by atoms with van der Waals surface area (Å²) in [5.74, 6) is 2.44. The van der Waals surface area contributed by atoms with Crippen LogP contribution in [0.2, 0.25) is 0 Å². The van der Waals surface area contributed by atoms with Crippen LogP contribution in [0.25, 0.3) is 10.6 Å². The van der Waals surface area contributed by atoms with Gasteiger partial charge in [-0.2, -0.15) is 5.70 Å². The number of carbonyl (C=O) groups excluding carboxylic acids is 2. The Hall–Kier alpha value is 0.906. The maximum atomic E-state index is 7.75. The molecule has 0 aliphatic carbocycles. The van der Waals surface area contributed by atoms with Crippen molar-refractivity contribution in [2.75, 3.05) is 6.54 Å². The van der Waals surface area contributed by atoms with Gasteiger partial charge in [0.15, 0.2) is 0 Å². The standard InChI is InChI=1S/C19H33N2P.2CHO.K.Mn/c1-17(2,3)20-13-15-11-10-12-16(21-15)14-22(18(4,5)6)19(7,8)9;2*1-2;;/h10-12,14H,13H2,1-9H3;2*1H;;/q-2;2*-1;+1;/p+1. The molecule has 1 rings (SSSR count). The number of hydrogen-bond donors (Lipinski definition) is 0. The van der Waals surface area contributed by atoms with Gasteiger partial charge in [-0.1, -0.05) is 39.0 Å². The molecule has 0 saturated heterocycles. The SMILES string of the molecule is CC(C)(C)[N-]CC1=CC=CC(=C[PH+](C(C)(C)C)C(C)(C)C)[N-]1.[CH-]=O.[CH-]=O.[K+].[Mn]. The number of allylic oxidation sites excluding steroid dienone is 3. The summed E-state index contributed by atoms with van der Waals surface area (Å²) in [6.07, 6.45) is 6.31. The molecule has 0 aromatic rings. The zero-order chi connectivity index (χ0) is 21.2. The molecule has 0 unspecified atom stereocenters. The summed E-state index contributed by atoms with van der Waals surface area (Å²) in [6.45, 7) is 27.7. The second-order valence-electron chi connectivity index (χ2n) is 9.10. The van der Waals surface area contributed by atoms with E-state index in [9.17, 15) is 0 Å². The van der Waals surface area contributed by atoms with Crippen molar-refractivity contribution in [2.24, 2.45) is 0 Å². The van der Waals surface area contributed by atoms with Crippen LogP contribution < -0.4 is 51.4 Å². The number of rotatable bonds is 3. The fourth-order valence-corrected chi connectivity index (χ4v) is 6.26. The number of hydrogen-bond acceptors (Lipinski definition) is 2. The first kappa shape index (κ1) is 36.3. The van der Waals surface area contributed by atoms with Gasteiger partial charge in [0.1, 0.15) is 0 Å². The molecule has 1 aliphatic rings. The van der Waals surface area contributed by atoms with Crippen molar-refractivity contribution in [1.82, 2.24) is 0 Å². The predicted octanol–water partition coefficient (Wildman–Crippen LogP) is 3.09. The molecule has 0 atom stereocenters. The molecule has 1 aliphatic heterocycles. The van der Waals surface area contributed by atoms with Crippen LogP contribution in [0.4, 0.5) is 0 Å².